The molecule has 2 unspecified atom stereocenters. The molecule has 3 N–H and O–H groups in total. The first kappa shape index (κ1) is 13.0. The number of carboxylic acid groups (broad SMARTS) is 1. The summed E-state index contributed by atoms with van der Waals surface area (Å²) in [5.74, 6) is -2.15. The van der Waals surface area contributed by atoms with Crippen LogP contribution in [0.1, 0.15) is 22.0 Å². The average Bonchev–Trinajstić information content (AvgIpc) is 2.26. The van der Waals surface area contributed by atoms with Gasteiger partial charge in [-0.3, -0.25) is 0 Å². The Morgan fingerprint density at radius 2 is 2.06 bits per heavy atom. The van der Waals surface area contributed by atoms with Crippen LogP contribution < -0.4 is 0 Å². The van der Waals surface area contributed by atoms with Crippen LogP contribution in [0.15, 0.2) is 18.2 Å². The predicted molar refractivity (Wildman–Crippen MR) is 58.2 cm³/mol. The molecule has 1 rings (SSSR count). The van der Waals surface area contributed by atoms with E-state index in [9.17, 15) is 19.4 Å². The standard InChI is InChI=1S/C10H11FO4S/c11-7-3-5(10(14)15)1-2-6(7)9(13)8(12)4-16/h1-3,8-9,12-13,16H,4H2,(H,14,15). The second-order valence-electron chi connectivity index (χ2n) is 3.24. The quantitative estimate of drug-likeness (QED) is 0.594. The predicted octanol–water partition coefficient (Wildman–Crippen LogP) is 0.848. The Labute approximate surface area is 96.8 Å². The zero-order valence-corrected chi connectivity index (χ0v) is 9.06. The number of aliphatic hydroxyl groups excluding tert-OH is 2. The second kappa shape index (κ2) is 5.29. The van der Waals surface area contributed by atoms with Crippen molar-refractivity contribution in [3.63, 3.8) is 0 Å². The minimum Gasteiger partial charge on any atom is -0.478 e. The van der Waals surface area contributed by atoms with Gasteiger partial charge >= 0.3 is 5.97 Å². The van der Waals surface area contributed by atoms with Crippen molar-refractivity contribution in [1.82, 2.24) is 0 Å². The lowest BCUT2D eigenvalue weighted by molar-refractivity contribution is 0.0314. The molecule has 1 aromatic rings. The van der Waals surface area contributed by atoms with Gasteiger partial charge in [0.2, 0.25) is 0 Å². The topological polar surface area (TPSA) is 77.8 Å². The summed E-state index contributed by atoms with van der Waals surface area (Å²) >= 11 is 3.77. The number of carboxylic acids is 1. The highest BCUT2D eigenvalue weighted by atomic mass is 32.1. The number of rotatable bonds is 4. The molecule has 16 heavy (non-hydrogen) atoms. The summed E-state index contributed by atoms with van der Waals surface area (Å²) in [6, 6.07) is 3.09. The van der Waals surface area contributed by atoms with Crippen LogP contribution in [0.2, 0.25) is 0 Å². The van der Waals surface area contributed by atoms with Crippen LogP contribution in [0, 0.1) is 5.82 Å². The molecule has 0 aliphatic carbocycles. The van der Waals surface area contributed by atoms with E-state index in [2.05, 4.69) is 12.6 Å². The van der Waals surface area contributed by atoms with Gasteiger partial charge in [0.05, 0.1) is 11.7 Å². The van der Waals surface area contributed by atoms with Crippen molar-refractivity contribution in [3.05, 3.63) is 35.1 Å². The molecule has 0 aliphatic rings. The molecule has 0 radical (unpaired) electrons. The summed E-state index contributed by atoms with van der Waals surface area (Å²) in [7, 11) is 0. The molecule has 0 aliphatic heterocycles. The van der Waals surface area contributed by atoms with E-state index in [1.807, 2.05) is 0 Å². The van der Waals surface area contributed by atoms with Crippen LogP contribution >= 0.6 is 12.6 Å². The smallest absolute Gasteiger partial charge is 0.335 e. The third kappa shape index (κ3) is 2.72. The van der Waals surface area contributed by atoms with Crippen molar-refractivity contribution in [1.29, 1.82) is 0 Å². The SMILES string of the molecule is O=C(O)c1ccc(C(O)C(O)CS)c(F)c1. The van der Waals surface area contributed by atoms with E-state index in [-0.39, 0.29) is 16.9 Å². The Morgan fingerprint density at radius 1 is 1.44 bits per heavy atom. The summed E-state index contributed by atoms with van der Waals surface area (Å²) < 4.78 is 13.4. The van der Waals surface area contributed by atoms with Crippen molar-refractivity contribution < 1.29 is 24.5 Å². The van der Waals surface area contributed by atoms with Crippen molar-refractivity contribution in [3.8, 4) is 0 Å². The number of thiol groups is 1. The summed E-state index contributed by atoms with van der Waals surface area (Å²) in [6.07, 6.45) is -2.62. The maximum atomic E-state index is 13.4. The zero-order chi connectivity index (χ0) is 12.3. The number of carbonyl (C=O) groups is 1. The lowest BCUT2D eigenvalue weighted by Crippen LogP contribution is -2.21. The summed E-state index contributed by atoms with van der Waals surface area (Å²) in [6.45, 7) is 0. The van der Waals surface area contributed by atoms with Gasteiger partial charge in [-0.15, -0.1) is 0 Å². The highest BCUT2D eigenvalue weighted by Gasteiger charge is 2.21. The van der Waals surface area contributed by atoms with E-state index in [1.54, 1.807) is 0 Å². The van der Waals surface area contributed by atoms with Gasteiger partial charge in [-0.2, -0.15) is 12.6 Å². The molecule has 6 heteroatoms. The van der Waals surface area contributed by atoms with E-state index in [4.69, 9.17) is 5.11 Å². The van der Waals surface area contributed by atoms with E-state index in [0.29, 0.717) is 0 Å². The molecule has 0 amide bonds. The lowest BCUT2D eigenvalue weighted by atomic mass is 10.0. The number of hydrogen-bond donors (Lipinski definition) is 4. The number of aromatic carboxylic acids is 1. The molecule has 88 valence electrons. The number of hydrogen-bond acceptors (Lipinski definition) is 4. The Kier molecular flexibility index (Phi) is 4.28. The summed E-state index contributed by atoms with van der Waals surface area (Å²) in [5, 5.41) is 27.4. The molecule has 2 atom stereocenters. The summed E-state index contributed by atoms with van der Waals surface area (Å²) in [4.78, 5) is 10.5. The highest BCUT2D eigenvalue weighted by Crippen LogP contribution is 2.21. The fourth-order valence-electron chi connectivity index (χ4n) is 1.21. The molecule has 0 spiro atoms. The number of halogens is 1. The van der Waals surface area contributed by atoms with Crippen LogP contribution in [0.25, 0.3) is 0 Å². The zero-order valence-electron chi connectivity index (χ0n) is 8.17. The van der Waals surface area contributed by atoms with Gasteiger partial charge in [0.25, 0.3) is 0 Å². The van der Waals surface area contributed by atoms with Gasteiger partial charge in [0, 0.05) is 11.3 Å². The van der Waals surface area contributed by atoms with Gasteiger partial charge in [-0.1, -0.05) is 6.07 Å². The third-order valence-electron chi connectivity index (χ3n) is 2.12. The average molecular weight is 246 g/mol. The van der Waals surface area contributed by atoms with Gasteiger partial charge in [-0.05, 0) is 12.1 Å². The lowest BCUT2D eigenvalue weighted by Gasteiger charge is -2.16. The second-order valence-corrected chi connectivity index (χ2v) is 3.60. The molecule has 0 saturated heterocycles. The number of aliphatic hydroxyl groups is 2. The van der Waals surface area contributed by atoms with Gasteiger partial charge in [-0.25, -0.2) is 9.18 Å². The molecular formula is C10H11FO4S. The van der Waals surface area contributed by atoms with E-state index >= 15 is 0 Å². The first-order valence-electron chi connectivity index (χ1n) is 4.47. The Bertz CT molecular complexity index is 396. The maximum absolute atomic E-state index is 13.4. The Morgan fingerprint density at radius 3 is 2.50 bits per heavy atom. The van der Waals surface area contributed by atoms with Crippen LogP contribution in [0.4, 0.5) is 4.39 Å². The fraction of sp³-hybridized carbons (Fsp3) is 0.300. The maximum Gasteiger partial charge on any atom is 0.335 e. The first-order valence-corrected chi connectivity index (χ1v) is 5.10. The molecular weight excluding hydrogens is 235 g/mol. The van der Waals surface area contributed by atoms with Gasteiger partial charge in [0.15, 0.2) is 0 Å². The van der Waals surface area contributed by atoms with Crippen LogP contribution in [-0.2, 0) is 0 Å². The van der Waals surface area contributed by atoms with Gasteiger partial charge < -0.3 is 15.3 Å². The molecule has 1 aromatic carbocycles. The van der Waals surface area contributed by atoms with E-state index in [0.717, 1.165) is 18.2 Å². The van der Waals surface area contributed by atoms with Crippen molar-refractivity contribution in [2.75, 3.05) is 5.75 Å². The Balaban J connectivity index is 3.03. The van der Waals surface area contributed by atoms with Crippen LogP contribution in [-0.4, -0.2) is 33.1 Å². The monoisotopic (exact) mass is 246 g/mol. The van der Waals surface area contributed by atoms with E-state index in [1.165, 1.54) is 0 Å². The first-order chi connectivity index (χ1) is 7.47. The van der Waals surface area contributed by atoms with Crippen molar-refractivity contribution in [2.24, 2.45) is 0 Å². The van der Waals surface area contributed by atoms with Gasteiger partial charge in [0.1, 0.15) is 11.9 Å². The molecule has 0 saturated carbocycles. The largest absolute Gasteiger partial charge is 0.478 e. The minimum absolute atomic E-state index is 0.0265. The molecule has 0 fully saturated rings. The van der Waals surface area contributed by atoms with Crippen molar-refractivity contribution >= 4 is 18.6 Å². The fourth-order valence-corrected chi connectivity index (χ4v) is 1.41. The Hall–Kier alpha value is -1.11. The molecule has 4 nitrogen and oxygen atoms in total. The third-order valence-corrected chi connectivity index (χ3v) is 2.49. The minimum atomic E-state index is -1.42. The normalized spacial score (nSPS) is 14.5. The highest BCUT2D eigenvalue weighted by molar-refractivity contribution is 7.80. The van der Waals surface area contributed by atoms with Crippen molar-refractivity contribution in [2.45, 2.75) is 12.2 Å². The number of benzene rings is 1. The van der Waals surface area contributed by atoms with Crippen LogP contribution in [0.3, 0.4) is 0 Å². The molecule has 0 heterocycles. The molecule has 0 bridgehead atoms. The summed E-state index contributed by atoms with van der Waals surface area (Å²) in [5.41, 5.74) is -0.361. The van der Waals surface area contributed by atoms with Crippen LogP contribution in [0.5, 0.6) is 0 Å². The molecule has 0 aromatic heterocycles. The van der Waals surface area contributed by atoms with E-state index < -0.39 is 24.0 Å².